The number of halogens is 1. The maximum atomic E-state index is 13.0. The van der Waals surface area contributed by atoms with Gasteiger partial charge in [-0.05, 0) is 43.3 Å². The summed E-state index contributed by atoms with van der Waals surface area (Å²) >= 11 is 5.85. The number of fused-ring (bicyclic) bond motifs is 1. The van der Waals surface area contributed by atoms with E-state index in [0.29, 0.717) is 22.0 Å². The number of hydrogen-bond donors (Lipinski definition) is 1. The SMILES string of the molecule is C[C@H]1CC(=O)Nc2ccccc2N1C(=O)CN(C)C(=O)c1ccc(Cl)cc1. The van der Waals surface area contributed by atoms with Crippen LogP contribution in [0.15, 0.2) is 48.5 Å². The number of anilines is 2. The number of para-hydroxylation sites is 2. The van der Waals surface area contributed by atoms with Crippen LogP contribution >= 0.6 is 11.6 Å². The molecule has 0 fully saturated rings. The van der Waals surface area contributed by atoms with Gasteiger partial charge < -0.3 is 15.1 Å². The van der Waals surface area contributed by atoms with Crippen LogP contribution in [-0.2, 0) is 9.59 Å². The zero-order valence-corrected chi connectivity index (χ0v) is 15.9. The molecule has 3 amide bonds. The predicted molar refractivity (Wildman–Crippen MR) is 105 cm³/mol. The van der Waals surface area contributed by atoms with Crippen molar-refractivity contribution in [2.75, 3.05) is 23.8 Å². The van der Waals surface area contributed by atoms with Crippen molar-refractivity contribution < 1.29 is 14.4 Å². The van der Waals surface area contributed by atoms with Gasteiger partial charge in [0.25, 0.3) is 5.91 Å². The van der Waals surface area contributed by atoms with Crippen LogP contribution in [0.5, 0.6) is 0 Å². The Balaban J connectivity index is 1.81. The first-order valence-electron chi connectivity index (χ1n) is 8.59. The molecule has 0 aromatic heterocycles. The van der Waals surface area contributed by atoms with E-state index in [1.54, 1.807) is 54.4 Å². The molecule has 140 valence electrons. The van der Waals surface area contributed by atoms with Crippen molar-refractivity contribution in [2.45, 2.75) is 19.4 Å². The number of carbonyl (C=O) groups excluding carboxylic acids is 3. The van der Waals surface area contributed by atoms with E-state index in [4.69, 9.17) is 11.6 Å². The molecule has 0 spiro atoms. The molecular weight excluding hydrogens is 366 g/mol. The molecule has 3 rings (SSSR count). The van der Waals surface area contributed by atoms with Crippen molar-refractivity contribution in [1.29, 1.82) is 0 Å². The minimum Gasteiger partial charge on any atom is -0.332 e. The molecule has 1 N–H and O–H groups in total. The number of nitrogens with one attached hydrogen (secondary N) is 1. The van der Waals surface area contributed by atoms with Gasteiger partial charge in [-0.1, -0.05) is 23.7 Å². The van der Waals surface area contributed by atoms with Crippen LogP contribution in [0.25, 0.3) is 0 Å². The van der Waals surface area contributed by atoms with Crippen LogP contribution in [0.4, 0.5) is 11.4 Å². The Kier molecular flexibility index (Phi) is 5.46. The van der Waals surface area contributed by atoms with Crippen molar-refractivity contribution >= 4 is 40.7 Å². The van der Waals surface area contributed by atoms with Crippen LogP contribution < -0.4 is 10.2 Å². The largest absolute Gasteiger partial charge is 0.332 e. The average Bonchev–Trinajstić information content (AvgIpc) is 2.75. The second kappa shape index (κ2) is 7.80. The third-order valence-electron chi connectivity index (χ3n) is 4.44. The second-order valence-electron chi connectivity index (χ2n) is 6.55. The molecular formula is C20H20ClN3O3. The molecule has 2 aromatic carbocycles. The predicted octanol–water partition coefficient (Wildman–Crippen LogP) is 3.18. The molecule has 0 saturated carbocycles. The molecule has 0 saturated heterocycles. The van der Waals surface area contributed by atoms with E-state index in [2.05, 4.69) is 5.32 Å². The number of hydrogen-bond acceptors (Lipinski definition) is 3. The molecule has 0 bridgehead atoms. The topological polar surface area (TPSA) is 69.7 Å². The summed E-state index contributed by atoms with van der Waals surface area (Å²) in [6.45, 7) is 1.72. The summed E-state index contributed by atoms with van der Waals surface area (Å²) in [5, 5.41) is 3.36. The molecule has 6 nitrogen and oxygen atoms in total. The maximum Gasteiger partial charge on any atom is 0.254 e. The molecule has 7 heteroatoms. The van der Waals surface area contributed by atoms with E-state index >= 15 is 0 Å². The highest BCUT2D eigenvalue weighted by Gasteiger charge is 2.30. The maximum absolute atomic E-state index is 13.0. The molecule has 1 aliphatic heterocycles. The van der Waals surface area contributed by atoms with Crippen molar-refractivity contribution in [1.82, 2.24) is 4.90 Å². The minimum atomic E-state index is -0.319. The Hall–Kier alpha value is -2.86. The monoisotopic (exact) mass is 385 g/mol. The average molecular weight is 386 g/mol. The third kappa shape index (κ3) is 4.11. The molecule has 2 aromatic rings. The number of rotatable bonds is 3. The van der Waals surface area contributed by atoms with Gasteiger partial charge in [-0.25, -0.2) is 0 Å². The van der Waals surface area contributed by atoms with E-state index in [9.17, 15) is 14.4 Å². The Morgan fingerprint density at radius 3 is 2.56 bits per heavy atom. The lowest BCUT2D eigenvalue weighted by Crippen LogP contribution is -2.45. The molecule has 0 unspecified atom stereocenters. The Morgan fingerprint density at radius 2 is 1.85 bits per heavy atom. The number of likely N-dealkylation sites (N-methyl/N-ethyl adjacent to an activating group) is 1. The zero-order chi connectivity index (χ0) is 19.6. The standard InChI is InChI=1S/C20H20ClN3O3/c1-13-11-18(25)22-16-5-3-4-6-17(16)24(13)19(26)12-23(2)20(27)14-7-9-15(21)10-8-14/h3-10,13H,11-12H2,1-2H3,(H,22,25)/t13-/m0/s1. The third-order valence-corrected chi connectivity index (χ3v) is 4.69. The highest BCUT2D eigenvalue weighted by atomic mass is 35.5. The highest BCUT2D eigenvalue weighted by molar-refractivity contribution is 6.30. The molecule has 0 aliphatic carbocycles. The zero-order valence-electron chi connectivity index (χ0n) is 15.1. The van der Waals surface area contributed by atoms with Crippen LogP contribution in [-0.4, -0.2) is 42.3 Å². The van der Waals surface area contributed by atoms with Crippen molar-refractivity contribution in [3.8, 4) is 0 Å². The van der Waals surface area contributed by atoms with Crippen LogP contribution in [0.3, 0.4) is 0 Å². The fourth-order valence-electron chi connectivity index (χ4n) is 3.13. The van der Waals surface area contributed by atoms with Gasteiger partial charge >= 0.3 is 0 Å². The summed E-state index contributed by atoms with van der Waals surface area (Å²) in [6.07, 6.45) is 0.190. The van der Waals surface area contributed by atoms with Crippen molar-refractivity contribution in [3.63, 3.8) is 0 Å². The van der Waals surface area contributed by atoms with Crippen LogP contribution in [0.2, 0.25) is 5.02 Å². The van der Waals surface area contributed by atoms with Gasteiger partial charge in [0, 0.05) is 30.1 Å². The lowest BCUT2D eigenvalue weighted by Gasteiger charge is -2.29. The van der Waals surface area contributed by atoms with E-state index in [-0.39, 0.29) is 36.7 Å². The summed E-state index contributed by atoms with van der Waals surface area (Å²) in [7, 11) is 1.58. The second-order valence-corrected chi connectivity index (χ2v) is 6.99. The number of nitrogens with zero attached hydrogens (tertiary/aromatic N) is 2. The van der Waals surface area contributed by atoms with Gasteiger partial charge in [0.15, 0.2) is 0 Å². The van der Waals surface area contributed by atoms with Gasteiger partial charge in [-0.15, -0.1) is 0 Å². The van der Waals surface area contributed by atoms with Crippen LogP contribution in [0, 0.1) is 0 Å². The Bertz CT molecular complexity index is 882. The molecule has 1 heterocycles. The molecule has 0 radical (unpaired) electrons. The van der Waals surface area contributed by atoms with E-state index in [0.717, 1.165) is 0 Å². The highest BCUT2D eigenvalue weighted by Crippen LogP contribution is 2.31. The Morgan fingerprint density at radius 1 is 1.19 bits per heavy atom. The smallest absolute Gasteiger partial charge is 0.254 e. The summed E-state index contributed by atoms with van der Waals surface area (Å²) in [6, 6.07) is 13.4. The fourth-order valence-corrected chi connectivity index (χ4v) is 3.26. The number of benzene rings is 2. The summed E-state index contributed by atoms with van der Waals surface area (Å²) in [5.74, 6) is -0.669. The minimum absolute atomic E-state index is 0.103. The lowest BCUT2D eigenvalue weighted by molar-refractivity contribution is -0.119. The number of carbonyl (C=O) groups is 3. The quantitative estimate of drug-likeness (QED) is 0.882. The van der Waals surface area contributed by atoms with E-state index < -0.39 is 0 Å². The van der Waals surface area contributed by atoms with E-state index in [1.165, 1.54) is 4.90 Å². The molecule has 1 aliphatic rings. The molecule has 1 atom stereocenters. The van der Waals surface area contributed by atoms with Crippen LogP contribution in [0.1, 0.15) is 23.7 Å². The van der Waals surface area contributed by atoms with Gasteiger partial charge in [0.05, 0.1) is 11.4 Å². The van der Waals surface area contributed by atoms with Crippen molar-refractivity contribution in [3.05, 3.63) is 59.1 Å². The summed E-state index contributed by atoms with van der Waals surface area (Å²) in [4.78, 5) is 40.6. The summed E-state index contributed by atoms with van der Waals surface area (Å²) in [5.41, 5.74) is 1.68. The summed E-state index contributed by atoms with van der Waals surface area (Å²) < 4.78 is 0. The first-order valence-corrected chi connectivity index (χ1v) is 8.96. The lowest BCUT2D eigenvalue weighted by atomic mass is 10.1. The van der Waals surface area contributed by atoms with Gasteiger partial charge in [0.1, 0.15) is 6.54 Å². The first kappa shape index (κ1) is 18.9. The normalized spacial score (nSPS) is 16.2. The Labute approximate surface area is 162 Å². The van der Waals surface area contributed by atoms with Gasteiger partial charge in [-0.3, -0.25) is 14.4 Å². The fraction of sp³-hybridized carbons (Fsp3) is 0.250. The van der Waals surface area contributed by atoms with E-state index in [1.807, 2.05) is 13.0 Å². The molecule has 27 heavy (non-hydrogen) atoms. The van der Waals surface area contributed by atoms with Gasteiger partial charge in [-0.2, -0.15) is 0 Å². The number of amides is 3. The van der Waals surface area contributed by atoms with Gasteiger partial charge in [0.2, 0.25) is 11.8 Å². The first-order chi connectivity index (χ1) is 12.9. The van der Waals surface area contributed by atoms with Crippen molar-refractivity contribution in [2.24, 2.45) is 0 Å².